The van der Waals surface area contributed by atoms with Crippen LogP contribution < -0.4 is 4.90 Å². The van der Waals surface area contributed by atoms with Gasteiger partial charge in [-0.25, -0.2) is 4.98 Å². The second-order valence-corrected chi connectivity index (χ2v) is 4.43. The molecule has 0 saturated carbocycles. The normalized spacial score (nSPS) is 20.2. The van der Waals surface area contributed by atoms with Crippen molar-refractivity contribution in [3.8, 4) is 0 Å². The highest BCUT2D eigenvalue weighted by Crippen LogP contribution is 2.21. The molecule has 0 spiro atoms. The number of pyridine rings is 1. The van der Waals surface area contributed by atoms with Crippen LogP contribution in [-0.2, 0) is 0 Å². The number of hydrogen-bond donors (Lipinski definition) is 0. The minimum absolute atomic E-state index is 0.395. The number of halogens is 1. The highest BCUT2D eigenvalue weighted by atomic mass is 19.1. The topological polar surface area (TPSA) is 19.4 Å². The molecule has 1 fully saturated rings. The Kier molecular flexibility index (Phi) is 3.94. The van der Waals surface area contributed by atoms with E-state index in [2.05, 4.69) is 28.6 Å². The average Bonchev–Trinajstić information content (AvgIpc) is 2.80. The van der Waals surface area contributed by atoms with E-state index in [1.165, 1.54) is 6.07 Å². The maximum absolute atomic E-state index is 13.1. The molecule has 3 nitrogen and oxygen atoms in total. The summed E-state index contributed by atoms with van der Waals surface area (Å²) in [5.41, 5.74) is 0. The van der Waals surface area contributed by atoms with Crippen molar-refractivity contribution in [1.82, 2.24) is 9.88 Å². The predicted molar refractivity (Wildman–Crippen MR) is 67.7 cm³/mol. The van der Waals surface area contributed by atoms with Crippen molar-refractivity contribution in [2.75, 3.05) is 31.1 Å². The number of hydrogen-bond acceptors (Lipinski definition) is 3. The lowest BCUT2D eigenvalue weighted by atomic mass is 10.2. The van der Waals surface area contributed by atoms with Crippen molar-refractivity contribution in [2.45, 2.75) is 26.3 Å². The van der Waals surface area contributed by atoms with Gasteiger partial charge in [0.2, 0.25) is 5.95 Å². The molecule has 0 amide bonds. The quantitative estimate of drug-likeness (QED) is 0.748. The first-order valence-electron chi connectivity index (χ1n) is 6.36. The lowest BCUT2D eigenvalue weighted by Gasteiger charge is -2.26. The highest BCUT2D eigenvalue weighted by molar-refractivity contribution is 5.39. The van der Waals surface area contributed by atoms with Gasteiger partial charge in [0.05, 0.1) is 0 Å². The Morgan fingerprint density at radius 1 is 1.41 bits per heavy atom. The molecular formula is C13H20FN3. The maximum Gasteiger partial charge on any atom is 0.214 e. The van der Waals surface area contributed by atoms with E-state index in [1.54, 1.807) is 6.07 Å². The van der Waals surface area contributed by atoms with Gasteiger partial charge >= 0.3 is 0 Å². The molecule has 1 unspecified atom stereocenters. The van der Waals surface area contributed by atoms with Gasteiger partial charge in [-0.05, 0) is 31.6 Å². The summed E-state index contributed by atoms with van der Waals surface area (Å²) < 4.78 is 13.1. The molecule has 2 heterocycles. The molecule has 0 N–H and O–H groups in total. The third-order valence-corrected chi connectivity index (χ3v) is 3.52. The summed E-state index contributed by atoms with van der Waals surface area (Å²) in [4.78, 5) is 8.57. The third-order valence-electron chi connectivity index (χ3n) is 3.52. The fraction of sp³-hybridized carbons (Fsp3) is 0.615. The summed E-state index contributed by atoms with van der Waals surface area (Å²) in [6.07, 6.45) is 1.14. The van der Waals surface area contributed by atoms with Crippen LogP contribution >= 0.6 is 0 Å². The van der Waals surface area contributed by atoms with Crippen molar-refractivity contribution in [3.05, 3.63) is 24.1 Å². The van der Waals surface area contributed by atoms with Gasteiger partial charge in [0, 0.05) is 19.1 Å². The van der Waals surface area contributed by atoms with E-state index in [9.17, 15) is 4.39 Å². The molecule has 1 atom stereocenters. The van der Waals surface area contributed by atoms with Crippen molar-refractivity contribution in [1.29, 1.82) is 0 Å². The van der Waals surface area contributed by atoms with Crippen LogP contribution in [0.1, 0.15) is 20.3 Å². The summed E-state index contributed by atoms with van der Waals surface area (Å²) in [5, 5.41) is 0. The van der Waals surface area contributed by atoms with Gasteiger partial charge in [0.25, 0.3) is 0 Å². The van der Waals surface area contributed by atoms with Gasteiger partial charge < -0.3 is 4.90 Å². The zero-order valence-electron chi connectivity index (χ0n) is 10.6. The van der Waals surface area contributed by atoms with Crippen LogP contribution in [0.25, 0.3) is 0 Å². The van der Waals surface area contributed by atoms with Crippen LogP contribution in [0.5, 0.6) is 0 Å². The molecule has 1 aromatic heterocycles. The molecule has 0 radical (unpaired) electrons. The Hall–Kier alpha value is -1.16. The average molecular weight is 237 g/mol. The number of nitrogens with zero attached hydrogens (tertiary/aromatic N) is 3. The molecule has 2 rings (SSSR count). The fourth-order valence-corrected chi connectivity index (χ4v) is 2.56. The van der Waals surface area contributed by atoms with E-state index < -0.39 is 5.95 Å². The molecule has 0 aromatic carbocycles. The first kappa shape index (κ1) is 12.3. The Morgan fingerprint density at radius 3 is 2.82 bits per heavy atom. The zero-order chi connectivity index (χ0) is 12.3. The number of aromatic nitrogens is 1. The van der Waals surface area contributed by atoms with Crippen molar-refractivity contribution >= 4 is 5.82 Å². The Morgan fingerprint density at radius 2 is 2.18 bits per heavy atom. The van der Waals surface area contributed by atoms with Crippen LogP contribution in [0.3, 0.4) is 0 Å². The predicted octanol–water partition coefficient (Wildman–Crippen LogP) is 2.14. The monoisotopic (exact) mass is 237 g/mol. The molecule has 0 bridgehead atoms. The molecule has 1 aromatic rings. The maximum atomic E-state index is 13.1. The molecular weight excluding hydrogens is 217 g/mol. The van der Waals surface area contributed by atoms with Gasteiger partial charge in [-0.15, -0.1) is 0 Å². The minimum atomic E-state index is -0.395. The summed E-state index contributed by atoms with van der Waals surface area (Å²) in [5.74, 6) is 0.369. The van der Waals surface area contributed by atoms with E-state index in [1.807, 2.05) is 6.07 Å². The lowest BCUT2D eigenvalue weighted by Crippen LogP contribution is -2.37. The van der Waals surface area contributed by atoms with Gasteiger partial charge in [-0.3, -0.25) is 4.90 Å². The molecule has 1 aliphatic heterocycles. The number of anilines is 1. The van der Waals surface area contributed by atoms with Crippen LogP contribution in [0, 0.1) is 5.95 Å². The van der Waals surface area contributed by atoms with Crippen LogP contribution in [-0.4, -0.2) is 42.1 Å². The summed E-state index contributed by atoms with van der Waals surface area (Å²) in [7, 11) is 0. The van der Waals surface area contributed by atoms with E-state index in [0.717, 1.165) is 38.4 Å². The first-order valence-corrected chi connectivity index (χ1v) is 6.36. The minimum Gasteiger partial charge on any atom is -0.355 e. The van der Waals surface area contributed by atoms with Gasteiger partial charge in [-0.1, -0.05) is 19.9 Å². The molecule has 1 saturated heterocycles. The molecule has 1 aliphatic rings. The summed E-state index contributed by atoms with van der Waals surface area (Å²) in [6, 6.07) is 5.58. The van der Waals surface area contributed by atoms with Crippen molar-refractivity contribution in [3.63, 3.8) is 0 Å². The summed E-state index contributed by atoms with van der Waals surface area (Å²) in [6.45, 7) is 8.45. The van der Waals surface area contributed by atoms with E-state index in [4.69, 9.17) is 0 Å². The number of likely N-dealkylation sites (N-methyl/N-ethyl adjacent to an activating group) is 1. The van der Waals surface area contributed by atoms with Crippen molar-refractivity contribution in [2.24, 2.45) is 0 Å². The van der Waals surface area contributed by atoms with E-state index in [0.29, 0.717) is 6.04 Å². The lowest BCUT2D eigenvalue weighted by molar-refractivity contribution is 0.232. The second kappa shape index (κ2) is 5.45. The largest absolute Gasteiger partial charge is 0.355 e. The standard InChI is InChI=1S/C13H20FN3/c1-3-16(4-2)11-8-9-17(10-11)13-7-5-6-12(14)15-13/h5-7,11H,3-4,8-10H2,1-2H3. The smallest absolute Gasteiger partial charge is 0.214 e. The molecule has 0 aliphatic carbocycles. The third kappa shape index (κ3) is 2.75. The zero-order valence-corrected chi connectivity index (χ0v) is 10.6. The first-order chi connectivity index (χ1) is 8.24. The molecule has 4 heteroatoms. The van der Waals surface area contributed by atoms with Gasteiger partial charge in [0.1, 0.15) is 5.82 Å². The number of rotatable bonds is 4. The fourth-order valence-electron chi connectivity index (χ4n) is 2.56. The Labute approximate surface area is 102 Å². The van der Waals surface area contributed by atoms with Crippen LogP contribution in [0.4, 0.5) is 10.2 Å². The van der Waals surface area contributed by atoms with E-state index >= 15 is 0 Å². The SMILES string of the molecule is CCN(CC)C1CCN(c2cccc(F)n2)C1. The summed E-state index contributed by atoms with van der Waals surface area (Å²) >= 11 is 0. The second-order valence-electron chi connectivity index (χ2n) is 4.43. The Balaban J connectivity index is 2.02. The Bertz CT molecular complexity index is 365. The van der Waals surface area contributed by atoms with Crippen LogP contribution in [0.15, 0.2) is 18.2 Å². The van der Waals surface area contributed by atoms with Crippen LogP contribution in [0.2, 0.25) is 0 Å². The van der Waals surface area contributed by atoms with Gasteiger partial charge in [-0.2, -0.15) is 4.39 Å². The van der Waals surface area contributed by atoms with E-state index in [-0.39, 0.29) is 0 Å². The van der Waals surface area contributed by atoms with Gasteiger partial charge in [0.15, 0.2) is 0 Å². The highest BCUT2D eigenvalue weighted by Gasteiger charge is 2.26. The molecule has 17 heavy (non-hydrogen) atoms. The van der Waals surface area contributed by atoms with Crippen molar-refractivity contribution < 1.29 is 4.39 Å². The molecule has 94 valence electrons.